The van der Waals surface area contributed by atoms with Crippen molar-refractivity contribution in [2.24, 2.45) is 5.92 Å². The molecule has 0 bridgehead atoms. The number of halogens is 1. The smallest absolute Gasteiger partial charge is 0.267 e. The minimum Gasteiger partial charge on any atom is -0.324 e. The molecule has 5 nitrogen and oxygen atoms in total. The summed E-state index contributed by atoms with van der Waals surface area (Å²) >= 11 is 5.89. The highest BCUT2D eigenvalue weighted by Gasteiger charge is 2.18. The Morgan fingerprint density at radius 2 is 2.26 bits per heavy atom. The van der Waals surface area contributed by atoms with Gasteiger partial charge in [-0.1, -0.05) is 24.6 Å². The molecule has 1 heterocycles. The summed E-state index contributed by atoms with van der Waals surface area (Å²) in [5.74, 6) is 0.275. The minimum atomic E-state index is -0.300. The number of nitrogens with one attached hydrogen (secondary N) is 1. The molecule has 1 aromatic heterocycles. The molecule has 0 saturated heterocycles. The van der Waals surface area contributed by atoms with E-state index in [4.69, 9.17) is 11.6 Å². The first-order chi connectivity index (χ1) is 11.0. The Labute approximate surface area is 139 Å². The van der Waals surface area contributed by atoms with Gasteiger partial charge in [0.25, 0.3) is 5.56 Å². The van der Waals surface area contributed by atoms with Gasteiger partial charge in [-0.3, -0.25) is 9.59 Å². The van der Waals surface area contributed by atoms with Crippen molar-refractivity contribution in [3.8, 4) is 0 Å². The molecule has 6 heteroatoms. The molecule has 0 spiro atoms. The van der Waals surface area contributed by atoms with E-state index >= 15 is 0 Å². The molecule has 120 valence electrons. The van der Waals surface area contributed by atoms with Crippen molar-refractivity contribution in [3.63, 3.8) is 0 Å². The molecule has 0 aliphatic heterocycles. The number of fused-ring (bicyclic) bond motifs is 1. The molecule has 1 aliphatic rings. The zero-order valence-electron chi connectivity index (χ0n) is 12.9. The van der Waals surface area contributed by atoms with Crippen LogP contribution in [0, 0.1) is 5.92 Å². The second-order valence-corrected chi connectivity index (χ2v) is 6.46. The van der Waals surface area contributed by atoms with Gasteiger partial charge in [-0.15, -0.1) is 0 Å². The van der Waals surface area contributed by atoms with E-state index in [0.717, 1.165) is 30.5 Å². The second-order valence-electron chi connectivity index (χ2n) is 6.02. The highest BCUT2D eigenvalue weighted by Crippen LogP contribution is 2.22. The molecule has 2 aromatic rings. The normalized spacial score (nSPS) is 16.7. The predicted molar refractivity (Wildman–Crippen MR) is 89.8 cm³/mol. The van der Waals surface area contributed by atoms with E-state index in [-0.39, 0.29) is 18.0 Å². The van der Waals surface area contributed by atoms with Gasteiger partial charge in [0.2, 0.25) is 5.91 Å². The number of aromatic nitrogens is 2. The number of carbonyl (C=O) groups is 1. The van der Waals surface area contributed by atoms with Crippen LogP contribution in [-0.2, 0) is 24.2 Å². The highest BCUT2D eigenvalue weighted by molar-refractivity contribution is 6.30. The van der Waals surface area contributed by atoms with Gasteiger partial charge in [0, 0.05) is 16.8 Å². The van der Waals surface area contributed by atoms with Crippen LogP contribution in [0.2, 0.25) is 5.02 Å². The quantitative estimate of drug-likeness (QED) is 0.940. The van der Waals surface area contributed by atoms with Gasteiger partial charge in [-0.25, -0.2) is 4.68 Å². The van der Waals surface area contributed by atoms with E-state index < -0.39 is 0 Å². The van der Waals surface area contributed by atoms with Crippen molar-refractivity contribution in [2.75, 3.05) is 5.32 Å². The maximum absolute atomic E-state index is 12.1. The third-order valence-electron chi connectivity index (χ3n) is 4.01. The number of anilines is 1. The predicted octanol–water partition coefficient (Wildman–Crippen LogP) is 2.66. The number of hydrogen-bond acceptors (Lipinski definition) is 3. The lowest BCUT2D eigenvalue weighted by Crippen LogP contribution is -2.32. The Morgan fingerprint density at radius 3 is 3.04 bits per heavy atom. The van der Waals surface area contributed by atoms with Crippen molar-refractivity contribution in [1.82, 2.24) is 9.78 Å². The molecular formula is C17H18ClN3O2. The maximum Gasteiger partial charge on any atom is 0.267 e. The average Bonchev–Trinajstić information content (AvgIpc) is 2.48. The summed E-state index contributed by atoms with van der Waals surface area (Å²) in [4.78, 5) is 24.3. The largest absolute Gasteiger partial charge is 0.324 e. The van der Waals surface area contributed by atoms with Gasteiger partial charge in [0.15, 0.2) is 0 Å². The summed E-state index contributed by atoms with van der Waals surface area (Å²) in [6, 6.07) is 8.50. The number of benzene rings is 1. The average molecular weight is 332 g/mol. The lowest BCUT2D eigenvalue weighted by atomic mass is 9.88. The third-order valence-corrected chi connectivity index (χ3v) is 4.24. The summed E-state index contributed by atoms with van der Waals surface area (Å²) in [5.41, 5.74) is 2.31. The Hall–Kier alpha value is -2.14. The molecule has 1 aliphatic carbocycles. The van der Waals surface area contributed by atoms with Crippen molar-refractivity contribution >= 4 is 23.2 Å². The first-order valence-corrected chi connectivity index (χ1v) is 8.04. The first-order valence-electron chi connectivity index (χ1n) is 7.66. The molecule has 1 N–H and O–H groups in total. The van der Waals surface area contributed by atoms with Crippen LogP contribution >= 0.6 is 11.6 Å². The van der Waals surface area contributed by atoms with Crippen molar-refractivity contribution in [3.05, 3.63) is 57.0 Å². The monoisotopic (exact) mass is 331 g/mol. The summed E-state index contributed by atoms with van der Waals surface area (Å²) in [7, 11) is 0. The van der Waals surface area contributed by atoms with Crippen LogP contribution in [-0.4, -0.2) is 15.7 Å². The molecule has 1 aromatic carbocycles. The molecule has 1 atom stereocenters. The van der Waals surface area contributed by atoms with Gasteiger partial charge in [-0.05, 0) is 48.9 Å². The minimum absolute atomic E-state index is 0.103. The SMILES string of the molecule is C[C@H]1CCc2nn(CC(=O)Nc3cccc(Cl)c3)c(=O)cc2C1. The third kappa shape index (κ3) is 3.79. The number of nitrogens with zero attached hydrogens (tertiary/aromatic N) is 2. The van der Waals surface area contributed by atoms with Gasteiger partial charge >= 0.3 is 0 Å². The zero-order chi connectivity index (χ0) is 16.4. The van der Waals surface area contributed by atoms with Crippen LogP contribution in [0.1, 0.15) is 24.6 Å². The second kappa shape index (κ2) is 6.54. The van der Waals surface area contributed by atoms with Gasteiger partial charge in [0.1, 0.15) is 6.54 Å². The fourth-order valence-corrected chi connectivity index (χ4v) is 3.02. The van der Waals surface area contributed by atoms with E-state index in [0.29, 0.717) is 16.6 Å². The standard InChI is InChI=1S/C17H18ClN3O2/c1-11-5-6-15-12(7-11)8-17(23)21(20-15)10-16(22)19-14-4-2-3-13(18)9-14/h2-4,8-9,11H,5-7,10H2,1H3,(H,19,22)/t11-/m0/s1. The molecule has 1 amide bonds. The topological polar surface area (TPSA) is 64.0 Å². The summed E-state index contributed by atoms with van der Waals surface area (Å²) in [6.45, 7) is 2.07. The fraction of sp³-hybridized carbons (Fsp3) is 0.353. The van der Waals surface area contributed by atoms with Crippen molar-refractivity contribution in [1.29, 1.82) is 0 Å². The lowest BCUT2D eigenvalue weighted by Gasteiger charge is -2.20. The van der Waals surface area contributed by atoms with Gasteiger partial charge < -0.3 is 5.32 Å². The van der Waals surface area contributed by atoms with Crippen LogP contribution < -0.4 is 10.9 Å². The molecular weight excluding hydrogens is 314 g/mol. The van der Waals surface area contributed by atoms with E-state index in [2.05, 4.69) is 17.3 Å². The number of rotatable bonds is 3. The molecule has 0 radical (unpaired) electrons. The van der Waals surface area contributed by atoms with Crippen LogP contribution in [0.25, 0.3) is 0 Å². The molecule has 23 heavy (non-hydrogen) atoms. The van der Waals surface area contributed by atoms with Crippen LogP contribution in [0.3, 0.4) is 0 Å². The van der Waals surface area contributed by atoms with E-state index in [1.165, 1.54) is 4.68 Å². The van der Waals surface area contributed by atoms with E-state index in [9.17, 15) is 9.59 Å². The van der Waals surface area contributed by atoms with Crippen LogP contribution in [0.4, 0.5) is 5.69 Å². The van der Waals surface area contributed by atoms with E-state index in [1.54, 1.807) is 30.3 Å². The Balaban J connectivity index is 1.75. The van der Waals surface area contributed by atoms with Crippen LogP contribution in [0.15, 0.2) is 35.1 Å². The number of carbonyl (C=O) groups excluding carboxylic acids is 1. The maximum atomic E-state index is 12.1. The Morgan fingerprint density at radius 1 is 1.43 bits per heavy atom. The number of hydrogen-bond donors (Lipinski definition) is 1. The lowest BCUT2D eigenvalue weighted by molar-refractivity contribution is -0.117. The Bertz CT molecular complexity index is 801. The van der Waals surface area contributed by atoms with E-state index in [1.807, 2.05) is 0 Å². The van der Waals surface area contributed by atoms with Crippen LogP contribution in [0.5, 0.6) is 0 Å². The molecule has 0 unspecified atom stereocenters. The number of amides is 1. The fourth-order valence-electron chi connectivity index (χ4n) is 2.83. The molecule has 0 fully saturated rings. The van der Waals surface area contributed by atoms with Gasteiger partial charge in [-0.2, -0.15) is 5.10 Å². The summed E-state index contributed by atoms with van der Waals surface area (Å²) < 4.78 is 1.23. The van der Waals surface area contributed by atoms with Crippen molar-refractivity contribution < 1.29 is 4.79 Å². The highest BCUT2D eigenvalue weighted by atomic mass is 35.5. The van der Waals surface area contributed by atoms with Crippen molar-refractivity contribution in [2.45, 2.75) is 32.7 Å². The first kappa shape index (κ1) is 15.7. The van der Waals surface area contributed by atoms with Gasteiger partial charge in [0.05, 0.1) is 5.69 Å². The molecule has 0 saturated carbocycles. The zero-order valence-corrected chi connectivity index (χ0v) is 13.6. The summed E-state index contributed by atoms with van der Waals surface area (Å²) in [5, 5.41) is 7.63. The summed E-state index contributed by atoms with van der Waals surface area (Å²) in [6.07, 6.45) is 2.80. The molecule has 3 rings (SSSR count). The number of aryl methyl sites for hydroxylation is 1. The Kier molecular flexibility index (Phi) is 4.48.